The van der Waals surface area contributed by atoms with Crippen LogP contribution in [0.25, 0.3) is 17.2 Å². The molecule has 4 N–H and O–H groups in total. The second kappa shape index (κ2) is 6.47. The van der Waals surface area contributed by atoms with Crippen molar-refractivity contribution in [3.63, 3.8) is 0 Å². The number of hydrogen-bond acceptors (Lipinski definition) is 7. The molecule has 1 saturated heterocycles. The number of amides is 1. The van der Waals surface area contributed by atoms with Crippen molar-refractivity contribution in [2.24, 2.45) is 0 Å². The number of aliphatic hydroxyl groups is 1. The Kier molecular flexibility index (Phi) is 4.11. The van der Waals surface area contributed by atoms with Gasteiger partial charge in [0.1, 0.15) is 11.8 Å². The van der Waals surface area contributed by atoms with E-state index in [1.807, 2.05) is 0 Å². The average molecular weight is 368 g/mol. The van der Waals surface area contributed by atoms with Crippen molar-refractivity contribution in [2.75, 3.05) is 18.8 Å². The van der Waals surface area contributed by atoms with Crippen molar-refractivity contribution in [1.29, 1.82) is 0 Å². The maximum absolute atomic E-state index is 12.6. The average Bonchev–Trinajstić information content (AvgIpc) is 3.30. The van der Waals surface area contributed by atoms with Crippen LogP contribution >= 0.6 is 0 Å². The highest BCUT2D eigenvalue weighted by molar-refractivity contribution is 5.91. The molecule has 10 nitrogen and oxygen atoms in total. The molecule has 1 aliphatic rings. The van der Waals surface area contributed by atoms with Crippen molar-refractivity contribution in [1.82, 2.24) is 34.4 Å². The molecule has 10 heteroatoms. The van der Waals surface area contributed by atoms with Gasteiger partial charge in [0.25, 0.3) is 0 Å². The smallest absolute Gasteiger partial charge is 0.246 e. The number of anilines is 1. The summed E-state index contributed by atoms with van der Waals surface area (Å²) in [7, 11) is 0. The van der Waals surface area contributed by atoms with Crippen LogP contribution in [0.4, 0.5) is 5.82 Å². The van der Waals surface area contributed by atoms with Gasteiger partial charge >= 0.3 is 0 Å². The second-order valence-electron chi connectivity index (χ2n) is 6.83. The molecule has 3 aromatic heterocycles. The fourth-order valence-corrected chi connectivity index (χ4v) is 3.33. The number of nitrogens with one attached hydrogen (secondary N) is 1. The summed E-state index contributed by atoms with van der Waals surface area (Å²) in [5.74, 6) is 0.147. The third-order valence-corrected chi connectivity index (χ3v) is 4.96. The highest BCUT2D eigenvalue weighted by Gasteiger charge is 2.40. The molecule has 27 heavy (non-hydrogen) atoms. The number of piperidine rings is 1. The highest BCUT2D eigenvalue weighted by Crippen LogP contribution is 2.34. The summed E-state index contributed by atoms with van der Waals surface area (Å²) in [4.78, 5) is 33.6. The number of aromatic amines is 1. The van der Waals surface area contributed by atoms with Crippen LogP contribution in [-0.4, -0.2) is 64.1 Å². The van der Waals surface area contributed by atoms with E-state index >= 15 is 0 Å². The number of rotatable bonds is 3. The third-order valence-electron chi connectivity index (χ3n) is 4.96. The van der Waals surface area contributed by atoms with E-state index in [0.29, 0.717) is 30.7 Å². The summed E-state index contributed by atoms with van der Waals surface area (Å²) in [5, 5.41) is 10.9. The van der Waals surface area contributed by atoms with Crippen LogP contribution in [0.1, 0.15) is 25.1 Å². The number of hydrogen-bond donors (Lipinski definition) is 3. The van der Waals surface area contributed by atoms with Crippen LogP contribution in [0.3, 0.4) is 0 Å². The third kappa shape index (κ3) is 3.14. The SMILES string of the molecule is C[C@@]1(O)CCN(C(=O)/C=C/c2cnc[nH]2)C[C@H]1n1cnc2c(N)ncnc21. The minimum absolute atomic E-state index is 0.135. The first kappa shape index (κ1) is 17.2. The largest absolute Gasteiger partial charge is 0.388 e. The summed E-state index contributed by atoms with van der Waals surface area (Å²) in [6.45, 7) is 2.55. The second-order valence-corrected chi connectivity index (χ2v) is 6.83. The first-order chi connectivity index (χ1) is 13.0. The lowest BCUT2D eigenvalue weighted by Gasteiger charge is -2.42. The van der Waals surface area contributed by atoms with E-state index in [9.17, 15) is 9.90 Å². The quantitative estimate of drug-likeness (QED) is 0.568. The van der Waals surface area contributed by atoms with Gasteiger partial charge in [-0.3, -0.25) is 4.79 Å². The van der Waals surface area contributed by atoms with Gasteiger partial charge in [-0.25, -0.2) is 19.9 Å². The van der Waals surface area contributed by atoms with Crippen LogP contribution in [-0.2, 0) is 4.79 Å². The molecule has 1 amide bonds. The summed E-state index contributed by atoms with van der Waals surface area (Å²) in [5.41, 5.74) is 6.61. The predicted octanol–water partition coefficient (Wildman–Crippen LogP) is 0.369. The molecular weight excluding hydrogens is 348 g/mol. The Bertz CT molecular complexity index is 992. The molecule has 140 valence electrons. The number of H-pyrrole nitrogens is 1. The van der Waals surface area contributed by atoms with Crippen molar-refractivity contribution >= 4 is 29.0 Å². The van der Waals surface area contributed by atoms with E-state index in [1.54, 1.807) is 41.3 Å². The number of carbonyl (C=O) groups is 1. The lowest BCUT2D eigenvalue weighted by atomic mass is 9.88. The van der Waals surface area contributed by atoms with E-state index in [4.69, 9.17) is 5.73 Å². The maximum Gasteiger partial charge on any atom is 0.246 e. The molecule has 0 radical (unpaired) electrons. The van der Waals surface area contributed by atoms with Crippen molar-refractivity contribution in [2.45, 2.75) is 25.0 Å². The van der Waals surface area contributed by atoms with Crippen LogP contribution < -0.4 is 5.73 Å². The fraction of sp³-hybridized carbons (Fsp3) is 0.353. The summed E-state index contributed by atoms with van der Waals surface area (Å²) in [6, 6.07) is -0.407. The normalized spacial score (nSPS) is 23.3. The Morgan fingerprint density at radius 3 is 3.07 bits per heavy atom. The van der Waals surface area contributed by atoms with E-state index < -0.39 is 11.6 Å². The maximum atomic E-state index is 12.6. The molecule has 1 fully saturated rings. The number of nitrogen functional groups attached to an aromatic ring is 1. The molecule has 1 aliphatic heterocycles. The Balaban J connectivity index is 1.61. The molecule has 0 bridgehead atoms. The van der Waals surface area contributed by atoms with Crippen molar-refractivity contribution < 1.29 is 9.90 Å². The first-order valence-electron chi connectivity index (χ1n) is 8.56. The molecule has 0 aliphatic carbocycles. The summed E-state index contributed by atoms with van der Waals surface area (Å²) in [6.07, 6.45) is 9.74. The van der Waals surface area contributed by atoms with E-state index in [1.165, 1.54) is 12.4 Å². The molecule has 0 aromatic carbocycles. The van der Waals surface area contributed by atoms with Crippen LogP contribution in [0, 0.1) is 0 Å². The standard InChI is InChI=1S/C17H20N8O2/c1-17(27)4-5-24(13(26)3-2-11-6-19-8-20-11)7-12(17)25-10-23-14-15(18)21-9-22-16(14)25/h2-3,6,8-10,12,27H,4-5,7H2,1H3,(H,19,20)(H2,18,21,22)/b3-2+/t12-,17-/m1/s1. The van der Waals surface area contributed by atoms with Gasteiger partial charge in [0.15, 0.2) is 11.5 Å². The molecule has 4 heterocycles. The number of nitrogens with zero attached hydrogens (tertiary/aromatic N) is 6. The van der Waals surface area contributed by atoms with Gasteiger partial charge in [0.2, 0.25) is 5.91 Å². The Hall–Kier alpha value is -3.27. The van der Waals surface area contributed by atoms with Gasteiger partial charge < -0.3 is 25.3 Å². The van der Waals surface area contributed by atoms with Gasteiger partial charge in [-0.1, -0.05) is 0 Å². The van der Waals surface area contributed by atoms with Crippen molar-refractivity contribution in [3.8, 4) is 0 Å². The zero-order chi connectivity index (χ0) is 19.0. The number of nitrogens with two attached hydrogens (primary N) is 1. The monoisotopic (exact) mass is 368 g/mol. The van der Waals surface area contributed by atoms with Crippen LogP contribution in [0.2, 0.25) is 0 Å². The predicted molar refractivity (Wildman–Crippen MR) is 98.2 cm³/mol. The van der Waals surface area contributed by atoms with Gasteiger partial charge in [0.05, 0.1) is 36.2 Å². The van der Waals surface area contributed by atoms with Gasteiger partial charge in [-0.2, -0.15) is 0 Å². The molecule has 4 rings (SSSR count). The van der Waals surface area contributed by atoms with Gasteiger partial charge in [0, 0.05) is 19.2 Å². The topological polar surface area (TPSA) is 139 Å². The van der Waals surface area contributed by atoms with E-state index in [2.05, 4.69) is 24.9 Å². The minimum atomic E-state index is -1.02. The summed E-state index contributed by atoms with van der Waals surface area (Å²) >= 11 is 0. The zero-order valence-corrected chi connectivity index (χ0v) is 14.8. The molecular formula is C17H20N8O2. The highest BCUT2D eigenvalue weighted by atomic mass is 16.3. The summed E-state index contributed by atoms with van der Waals surface area (Å²) < 4.78 is 1.77. The lowest BCUT2D eigenvalue weighted by molar-refractivity contribution is -0.132. The Morgan fingerprint density at radius 1 is 1.44 bits per heavy atom. The molecule has 0 spiro atoms. The van der Waals surface area contributed by atoms with Crippen molar-refractivity contribution in [3.05, 3.63) is 36.9 Å². The number of aromatic nitrogens is 6. The zero-order valence-electron chi connectivity index (χ0n) is 14.8. The lowest BCUT2D eigenvalue weighted by Crippen LogP contribution is -2.52. The van der Waals surface area contributed by atoms with Gasteiger partial charge in [-0.15, -0.1) is 0 Å². The number of likely N-dealkylation sites (tertiary alicyclic amines) is 1. The number of imidazole rings is 2. The molecule has 3 aromatic rings. The Labute approximate surface area is 154 Å². The van der Waals surface area contributed by atoms with Crippen LogP contribution in [0.5, 0.6) is 0 Å². The van der Waals surface area contributed by atoms with Crippen LogP contribution in [0.15, 0.2) is 31.3 Å². The molecule has 2 atom stereocenters. The minimum Gasteiger partial charge on any atom is -0.388 e. The number of fused-ring (bicyclic) bond motifs is 1. The molecule has 0 saturated carbocycles. The fourth-order valence-electron chi connectivity index (χ4n) is 3.33. The Morgan fingerprint density at radius 2 is 2.30 bits per heavy atom. The molecule has 0 unspecified atom stereocenters. The van der Waals surface area contributed by atoms with E-state index in [0.717, 1.165) is 5.69 Å². The number of carbonyl (C=O) groups excluding carboxylic acids is 1. The first-order valence-corrected chi connectivity index (χ1v) is 8.56. The van der Waals surface area contributed by atoms with E-state index in [-0.39, 0.29) is 11.7 Å². The van der Waals surface area contributed by atoms with Gasteiger partial charge in [-0.05, 0) is 19.4 Å².